The molecule has 0 aliphatic carbocycles. The van der Waals surface area contributed by atoms with E-state index in [-0.39, 0.29) is 0 Å². The van der Waals surface area contributed by atoms with Gasteiger partial charge in [-0.2, -0.15) is 0 Å². The lowest BCUT2D eigenvalue weighted by molar-refractivity contribution is 1.18. The maximum Gasteiger partial charge on any atom is 0.160 e. The first-order chi connectivity index (χ1) is 30.7. The van der Waals surface area contributed by atoms with Gasteiger partial charge in [0.1, 0.15) is 0 Å². The fraction of sp³-hybridized carbons (Fsp3) is 0. The third-order valence-corrected chi connectivity index (χ3v) is 11.7. The first-order valence-electron chi connectivity index (χ1n) is 21.0. The SMILES string of the molecule is c1ccc(-c2ccc(-c3cc(-c4cccc(-c5cc6ccccc6c6c(-c7ccccc7)cc(-c7ccccc7)nc56)c4)nc(-c4ccc(-c5ccccc5)cc4)n3)cc2)cc1. The van der Waals surface area contributed by atoms with E-state index >= 15 is 0 Å². The molecule has 62 heavy (non-hydrogen) atoms. The molecule has 2 aromatic heterocycles. The van der Waals surface area contributed by atoms with Gasteiger partial charge in [0.25, 0.3) is 0 Å². The second-order valence-electron chi connectivity index (χ2n) is 15.6. The Morgan fingerprint density at radius 3 is 1.31 bits per heavy atom. The zero-order valence-electron chi connectivity index (χ0n) is 33.9. The van der Waals surface area contributed by atoms with Gasteiger partial charge in [-0.25, -0.2) is 15.0 Å². The highest BCUT2D eigenvalue weighted by atomic mass is 14.9. The summed E-state index contributed by atoms with van der Waals surface area (Å²) in [6.07, 6.45) is 0. The number of aromatic nitrogens is 3. The smallest absolute Gasteiger partial charge is 0.160 e. The summed E-state index contributed by atoms with van der Waals surface area (Å²) in [5.74, 6) is 0.674. The molecule has 11 rings (SSSR count). The number of rotatable bonds is 8. The van der Waals surface area contributed by atoms with Crippen molar-refractivity contribution in [3.8, 4) is 89.7 Å². The van der Waals surface area contributed by atoms with Crippen LogP contribution in [0.25, 0.3) is 111 Å². The third kappa shape index (κ3) is 7.12. The van der Waals surface area contributed by atoms with Crippen molar-refractivity contribution in [1.82, 2.24) is 15.0 Å². The van der Waals surface area contributed by atoms with E-state index < -0.39 is 0 Å². The Labute approximate surface area is 361 Å². The number of fused-ring (bicyclic) bond motifs is 3. The molecule has 0 saturated carbocycles. The Morgan fingerprint density at radius 2 is 0.677 bits per heavy atom. The van der Waals surface area contributed by atoms with Crippen molar-refractivity contribution in [2.45, 2.75) is 0 Å². The summed E-state index contributed by atoms with van der Waals surface area (Å²) < 4.78 is 0. The van der Waals surface area contributed by atoms with Crippen molar-refractivity contribution in [1.29, 1.82) is 0 Å². The third-order valence-electron chi connectivity index (χ3n) is 11.7. The van der Waals surface area contributed by atoms with Gasteiger partial charge >= 0.3 is 0 Å². The fourth-order valence-corrected chi connectivity index (χ4v) is 8.53. The summed E-state index contributed by atoms with van der Waals surface area (Å²) in [5, 5.41) is 3.48. The minimum Gasteiger partial charge on any atom is -0.247 e. The summed E-state index contributed by atoms with van der Waals surface area (Å²) in [7, 11) is 0. The summed E-state index contributed by atoms with van der Waals surface area (Å²) in [6, 6.07) is 83.4. The molecule has 290 valence electrons. The van der Waals surface area contributed by atoms with Crippen molar-refractivity contribution >= 4 is 21.7 Å². The molecule has 0 bridgehead atoms. The van der Waals surface area contributed by atoms with Crippen LogP contribution in [0.15, 0.2) is 237 Å². The van der Waals surface area contributed by atoms with Crippen LogP contribution >= 0.6 is 0 Å². The standard InChI is InChI=1S/C59H39N3/c1-5-16-40(17-6-1)42-28-32-46(33-29-42)55-39-56(62-59(61-55)47-34-30-43(31-35-47)41-18-7-2-8-19-41)50-26-15-25-48(36-50)53-37-49-24-13-14-27-51(49)57-52(44-20-9-3-10-21-44)38-54(60-58(53)57)45-22-11-4-12-23-45/h1-39H. The largest absolute Gasteiger partial charge is 0.247 e. The number of hydrogen-bond donors (Lipinski definition) is 0. The molecule has 0 aliphatic heterocycles. The highest BCUT2D eigenvalue weighted by Gasteiger charge is 2.19. The Balaban J connectivity index is 1.09. The van der Waals surface area contributed by atoms with E-state index in [4.69, 9.17) is 15.0 Å². The first-order valence-corrected chi connectivity index (χ1v) is 21.0. The lowest BCUT2D eigenvalue weighted by Gasteiger charge is -2.17. The van der Waals surface area contributed by atoms with Crippen LogP contribution in [0.1, 0.15) is 0 Å². The molecule has 9 aromatic carbocycles. The average Bonchev–Trinajstić information content (AvgIpc) is 3.37. The van der Waals surface area contributed by atoms with Gasteiger partial charge in [0, 0.05) is 33.2 Å². The van der Waals surface area contributed by atoms with Gasteiger partial charge in [0.15, 0.2) is 5.82 Å². The minimum absolute atomic E-state index is 0.674. The maximum atomic E-state index is 5.50. The zero-order valence-corrected chi connectivity index (χ0v) is 33.9. The monoisotopic (exact) mass is 789 g/mol. The van der Waals surface area contributed by atoms with Gasteiger partial charge in [0.2, 0.25) is 0 Å². The maximum absolute atomic E-state index is 5.50. The molecule has 0 fully saturated rings. The zero-order chi connectivity index (χ0) is 41.2. The topological polar surface area (TPSA) is 38.7 Å². The van der Waals surface area contributed by atoms with E-state index in [1.165, 1.54) is 16.5 Å². The van der Waals surface area contributed by atoms with E-state index in [1.807, 2.05) is 12.1 Å². The van der Waals surface area contributed by atoms with Crippen LogP contribution in [-0.2, 0) is 0 Å². The van der Waals surface area contributed by atoms with Gasteiger partial charge in [-0.05, 0) is 74.0 Å². The Kier molecular flexibility index (Phi) is 9.53. The Morgan fingerprint density at radius 1 is 0.242 bits per heavy atom. The number of hydrogen-bond acceptors (Lipinski definition) is 3. The predicted octanol–water partition coefficient (Wildman–Crippen LogP) is 15.5. The molecule has 0 radical (unpaired) electrons. The van der Waals surface area contributed by atoms with E-state index in [9.17, 15) is 0 Å². The molecule has 0 N–H and O–H groups in total. The van der Waals surface area contributed by atoms with Crippen LogP contribution in [0.2, 0.25) is 0 Å². The summed E-state index contributed by atoms with van der Waals surface area (Å²) in [6.45, 7) is 0. The Bertz CT molecular complexity index is 3250. The second-order valence-corrected chi connectivity index (χ2v) is 15.6. The molecule has 0 amide bonds. The van der Waals surface area contributed by atoms with Crippen LogP contribution in [0.5, 0.6) is 0 Å². The molecule has 0 unspecified atom stereocenters. The van der Waals surface area contributed by atoms with E-state index in [1.54, 1.807) is 0 Å². The normalized spacial score (nSPS) is 11.2. The summed E-state index contributed by atoms with van der Waals surface area (Å²) >= 11 is 0. The average molecular weight is 790 g/mol. The van der Waals surface area contributed by atoms with Crippen molar-refractivity contribution in [3.63, 3.8) is 0 Å². The number of benzene rings is 9. The van der Waals surface area contributed by atoms with Crippen LogP contribution in [-0.4, -0.2) is 15.0 Å². The highest BCUT2D eigenvalue weighted by molar-refractivity contribution is 6.18. The van der Waals surface area contributed by atoms with E-state index in [2.05, 4.69) is 224 Å². The van der Waals surface area contributed by atoms with Crippen molar-refractivity contribution in [3.05, 3.63) is 237 Å². The lowest BCUT2D eigenvalue weighted by Crippen LogP contribution is -1.97. The highest BCUT2D eigenvalue weighted by Crippen LogP contribution is 2.42. The van der Waals surface area contributed by atoms with E-state index in [0.29, 0.717) is 5.82 Å². The minimum atomic E-state index is 0.674. The van der Waals surface area contributed by atoms with Gasteiger partial charge in [0.05, 0.1) is 22.6 Å². The lowest BCUT2D eigenvalue weighted by atomic mass is 9.90. The van der Waals surface area contributed by atoms with Crippen LogP contribution in [0, 0.1) is 0 Å². The summed E-state index contributed by atoms with van der Waals surface area (Å²) in [4.78, 5) is 16.0. The molecule has 0 saturated heterocycles. The fourth-order valence-electron chi connectivity index (χ4n) is 8.53. The quantitative estimate of drug-likeness (QED) is 0.144. The molecule has 0 atom stereocenters. The number of pyridine rings is 1. The molecule has 2 heterocycles. The molecule has 0 spiro atoms. The first kappa shape index (κ1) is 36.8. The summed E-state index contributed by atoms with van der Waals surface area (Å²) in [5.41, 5.74) is 16.8. The van der Waals surface area contributed by atoms with Gasteiger partial charge < -0.3 is 0 Å². The molecular formula is C59H39N3. The van der Waals surface area contributed by atoms with Gasteiger partial charge in [-0.15, -0.1) is 0 Å². The molecular weight excluding hydrogens is 751 g/mol. The van der Waals surface area contributed by atoms with Crippen LogP contribution < -0.4 is 0 Å². The molecule has 0 aliphatic rings. The van der Waals surface area contributed by atoms with Crippen molar-refractivity contribution in [2.24, 2.45) is 0 Å². The van der Waals surface area contributed by atoms with Crippen molar-refractivity contribution in [2.75, 3.05) is 0 Å². The van der Waals surface area contributed by atoms with Gasteiger partial charge in [-0.1, -0.05) is 212 Å². The number of nitrogens with zero attached hydrogens (tertiary/aromatic N) is 3. The molecule has 11 aromatic rings. The predicted molar refractivity (Wildman–Crippen MR) is 258 cm³/mol. The molecule has 3 heteroatoms. The molecule has 3 nitrogen and oxygen atoms in total. The second kappa shape index (κ2) is 16.1. The van der Waals surface area contributed by atoms with Crippen LogP contribution in [0.3, 0.4) is 0 Å². The van der Waals surface area contributed by atoms with Crippen molar-refractivity contribution < 1.29 is 0 Å². The van der Waals surface area contributed by atoms with Gasteiger partial charge in [-0.3, -0.25) is 0 Å². The Hall–Kier alpha value is -8.27. The van der Waals surface area contributed by atoms with Crippen LogP contribution in [0.4, 0.5) is 0 Å². The van der Waals surface area contributed by atoms with E-state index in [0.717, 1.165) is 89.0 Å².